The number of hydrogen-bond acceptors (Lipinski definition) is 4. The molecule has 1 aliphatic rings. The predicted molar refractivity (Wildman–Crippen MR) is 142 cm³/mol. The fraction of sp³-hybridized carbons (Fsp3) is 0.448. The Morgan fingerprint density at radius 2 is 1.90 bits per heavy atom. The van der Waals surface area contributed by atoms with Crippen LogP contribution >= 0.6 is 0 Å². The number of alkyl halides is 3. The molecule has 0 radical (unpaired) electrons. The Hall–Kier alpha value is -3.11. The number of nitrogens with one attached hydrogen (secondary N) is 1. The van der Waals surface area contributed by atoms with E-state index in [1.165, 1.54) is 6.92 Å². The highest BCUT2D eigenvalue weighted by atomic mass is 19.4. The summed E-state index contributed by atoms with van der Waals surface area (Å²) < 4.78 is 79.8. The number of aryl methyl sites for hydroxylation is 1. The number of aromatic nitrogens is 2. The molecule has 1 N–H and O–H groups in total. The van der Waals surface area contributed by atoms with Crippen molar-refractivity contribution < 1.29 is 26.7 Å². The van der Waals surface area contributed by atoms with Gasteiger partial charge in [0.05, 0.1) is 35.4 Å². The maximum absolute atomic E-state index is 15.8. The van der Waals surface area contributed by atoms with E-state index in [2.05, 4.69) is 15.3 Å². The molecule has 2 atom stereocenters. The number of morpholine rings is 1. The van der Waals surface area contributed by atoms with Crippen molar-refractivity contribution in [1.29, 1.82) is 0 Å². The predicted octanol–water partition coefficient (Wildman–Crippen LogP) is 6.67. The van der Waals surface area contributed by atoms with Gasteiger partial charge < -0.3 is 14.5 Å². The third-order valence-electron chi connectivity index (χ3n) is 7.12. The van der Waals surface area contributed by atoms with Crippen molar-refractivity contribution in [3.63, 3.8) is 0 Å². The van der Waals surface area contributed by atoms with E-state index in [4.69, 9.17) is 4.74 Å². The zero-order chi connectivity index (χ0) is 28.5. The van der Waals surface area contributed by atoms with Gasteiger partial charge in [-0.2, -0.15) is 13.2 Å². The summed E-state index contributed by atoms with van der Waals surface area (Å²) in [6.45, 7) is 10.3. The molecular weight excluding hydrogens is 515 g/mol. The van der Waals surface area contributed by atoms with Gasteiger partial charge in [0, 0.05) is 37.2 Å². The maximum Gasteiger partial charge on any atom is 0.433 e. The number of hydrogen-bond donors (Lipinski definition) is 1. The lowest BCUT2D eigenvalue weighted by Gasteiger charge is -2.24. The zero-order valence-electron chi connectivity index (χ0n) is 22.7. The van der Waals surface area contributed by atoms with Crippen LogP contribution in [-0.2, 0) is 11.2 Å². The molecule has 0 aliphatic carbocycles. The number of fused-ring (bicyclic) bond motifs is 1. The van der Waals surface area contributed by atoms with Gasteiger partial charge in [-0.3, -0.25) is 0 Å². The van der Waals surface area contributed by atoms with E-state index in [-0.39, 0.29) is 34.6 Å². The fourth-order valence-electron chi connectivity index (χ4n) is 4.67. The number of nitrogens with zero attached hydrogens (tertiary/aromatic N) is 3. The van der Waals surface area contributed by atoms with Crippen LogP contribution in [-0.4, -0.2) is 47.1 Å². The average Bonchev–Trinajstić information content (AvgIpc) is 3.20. The lowest BCUT2D eigenvalue weighted by Crippen LogP contribution is -2.39. The molecule has 39 heavy (non-hydrogen) atoms. The second kappa shape index (κ2) is 11.6. The minimum absolute atomic E-state index is 0.0349. The highest BCUT2D eigenvalue weighted by Gasteiger charge is 2.34. The van der Waals surface area contributed by atoms with Crippen LogP contribution in [0.1, 0.15) is 44.5 Å². The van der Waals surface area contributed by atoms with Gasteiger partial charge in [0.25, 0.3) is 0 Å². The summed E-state index contributed by atoms with van der Waals surface area (Å²) in [6.07, 6.45) is -1.90. The molecule has 2 unspecified atom stereocenters. The van der Waals surface area contributed by atoms with Crippen molar-refractivity contribution in [3.8, 4) is 11.3 Å². The van der Waals surface area contributed by atoms with Crippen molar-refractivity contribution in [2.75, 3.05) is 19.7 Å². The molecule has 4 rings (SSSR count). The van der Waals surface area contributed by atoms with E-state index >= 15 is 8.78 Å². The lowest BCUT2D eigenvalue weighted by atomic mass is 9.88. The number of ether oxygens (including phenoxy) is 1. The second-order valence-electron chi connectivity index (χ2n) is 10.3. The summed E-state index contributed by atoms with van der Waals surface area (Å²) >= 11 is 0. The highest BCUT2D eigenvalue weighted by Crippen LogP contribution is 2.34. The molecular formula is C29H33F5N4O. The topological polar surface area (TPSA) is 50.9 Å². The first-order valence-electron chi connectivity index (χ1n) is 13.0. The number of halogens is 5. The zero-order valence-corrected chi connectivity index (χ0v) is 22.7. The van der Waals surface area contributed by atoms with Crippen molar-refractivity contribution in [2.24, 2.45) is 16.8 Å². The smallest absolute Gasteiger partial charge is 0.375 e. The van der Waals surface area contributed by atoms with Crippen LogP contribution in [0.15, 0.2) is 47.2 Å². The Morgan fingerprint density at radius 1 is 1.21 bits per heavy atom. The van der Waals surface area contributed by atoms with Crippen LogP contribution in [0.5, 0.6) is 0 Å². The number of rotatable bonds is 7. The highest BCUT2D eigenvalue weighted by molar-refractivity contribution is 6.03. The summed E-state index contributed by atoms with van der Waals surface area (Å²) in [6, 6.07) is 5.81. The molecule has 0 spiro atoms. The van der Waals surface area contributed by atoms with E-state index in [1.807, 2.05) is 39.1 Å². The molecule has 1 fully saturated rings. The Labute approximate surface area is 224 Å². The Bertz CT molecular complexity index is 1380. The molecule has 0 amide bonds. The number of benzene rings is 1. The van der Waals surface area contributed by atoms with Crippen molar-refractivity contribution in [2.45, 2.75) is 53.3 Å². The molecule has 0 bridgehead atoms. The molecule has 0 saturated carbocycles. The van der Waals surface area contributed by atoms with Gasteiger partial charge in [0.2, 0.25) is 0 Å². The first-order valence-corrected chi connectivity index (χ1v) is 13.0. The molecule has 1 aromatic carbocycles. The molecule has 1 saturated heterocycles. The Morgan fingerprint density at radius 3 is 2.46 bits per heavy atom. The van der Waals surface area contributed by atoms with Crippen LogP contribution in [0.4, 0.5) is 22.0 Å². The van der Waals surface area contributed by atoms with Crippen LogP contribution in [0.3, 0.4) is 0 Å². The van der Waals surface area contributed by atoms with Crippen LogP contribution in [0.25, 0.3) is 16.9 Å². The molecule has 3 heterocycles. The van der Waals surface area contributed by atoms with Gasteiger partial charge in [0.1, 0.15) is 23.0 Å². The molecule has 5 nitrogen and oxygen atoms in total. The van der Waals surface area contributed by atoms with E-state index in [1.54, 1.807) is 11.3 Å². The van der Waals surface area contributed by atoms with E-state index in [0.29, 0.717) is 30.9 Å². The number of pyridine rings is 1. The first-order chi connectivity index (χ1) is 18.4. The standard InChI is InChI=1S/C29H33F5N4O/c1-6-24(29(32,33)34)36-27(18(5)16(2)3)19-12-21(30)26(22(31)13-19)28-23(14-20-15-35-8-10-39-20)38-9-7-17(4)11-25(38)37-28/h6-7,9,11-13,16,18,20,35H,8,10,14-15H2,1-5H3/b24-6-,36-27+. The summed E-state index contributed by atoms with van der Waals surface area (Å²) in [7, 11) is 0. The first kappa shape index (κ1) is 28.9. The van der Waals surface area contributed by atoms with E-state index in [9.17, 15) is 13.2 Å². The summed E-state index contributed by atoms with van der Waals surface area (Å²) in [5.74, 6) is -2.48. The van der Waals surface area contributed by atoms with Crippen LogP contribution in [0.2, 0.25) is 0 Å². The summed E-state index contributed by atoms with van der Waals surface area (Å²) in [4.78, 5) is 8.44. The molecule has 1 aliphatic heterocycles. The average molecular weight is 549 g/mol. The summed E-state index contributed by atoms with van der Waals surface area (Å²) in [5.41, 5.74) is 0.659. The molecule has 10 heteroatoms. The van der Waals surface area contributed by atoms with E-state index < -0.39 is 29.4 Å². The second-order valence-corrected chi connectivity index (χ2v) is 10.3. The lowest BCUT2D eigenvalue weighted by molar-refractivity contribution is -0.0924. The van der Waals surface area contributed by atoms with Gasteiger partial charge in [-0.05, 0) is 49.6 Å². The van der Waals surface area contributed by atoms with Crippen LogP contribution in [0, 0.1) is 30.4 Å². The van der Waals surface area contributed by atoms with Gasteiger partial charge >= 0.3 is 6.18 Å². The minimum atomic E-state index is -4.70. The van der Waals surface area contributed by atoms with Crippen molar-refractivity contribution in [3.05, 3.63) is 70.7 Å². The third kappa shape index (κ3) is 6.22. The molecule has 3 aromatic rings. The normalized spacial score (nSPS) is 18.3. The minimum Gasteiger partial charge on any atom is -0.375 e. The molecule has 210 valence electrons. The van der Waals surface area contributed by atoms with Crippen molar-refractivity contribution in [1.82, 2.24) is 14.7 Å². The monoisotopic (exact) mass is 548 g/mol. The maximum atomic E-state index is 15.8. The van der Waals surface area contributed by atoms with Gasteiger partial charge in [-0.25, -0.2) is 18.8 Å². The van der Waals surface area contributed by atoms with E-state index in [0.717, 1.165) is 30.3 Å². The number of imidazole rings is 1. The fourth-order valence-corrected chi connectivity index (χ4v) is 4.67. The third-order valence-corrected chi connectivity index (χ3v) is 7.12. The molecule has 2 aromatic heterocycles. The Kier molecular flexibility index (Phi) is 8.56. The summed E-state index contributed by atoms with van der Waals surface area (Å²) in [5, 5.41) is 3.26. The number of aliphatic imine (C=N–C) groups is 1. The van der Waals surface area contributed by atoms with Gasteiger partial charge in [-0.15, -0.1) is 0 Å². The van der Waals surface area contributed by atoms with Gasteiger partial charge in [0.15, 0.2) is 0 Å². The van der Waals surface area contributed by atoms with Crippen LogP contribution < -0.4 is 5.32 Å². The quantitative estimate of drug-likeness (QED) is 0.265. The SMILES string of the molecule is C/C=C(\N=C(\c1cc(F)c(-c2nc3cc(C)ccn3c2CC2CNCCO2)c(F)c1)C(C)C(C)C)C(F)(F)F. The van der Waals surface area contributed by atoms with Gasteiger partial charge in [-0.1, -0.05) is 26.8 Å². The number of allylic oxidation sites excluding steroid dienone is 2. The Balaban J connectivity index is 1.87. The van der Waals surface area contributed by atoms with Crippen molar-refractivity contribution >= 4 is 11.4 Å². The largest absolute Gasteiger partial charge is 0.433 e.